The molecule has 0 heterocycles. The molecule has 0 aliphatic heterocycles. The standard InChI is InChI=1S/C26H35NO2/c1-18(2)29-25-5-3-4-19(14-25)12-20-6-7-22-15-23(9-8-21(22)13-20)24-10-11-26(27,16-24)17-28/h3-5,8-9,14-15,18,20,24,28H,6-7,10-13,16-17,27H2,1-2H3/t20-,24-,26+/m0/s1. The van der Waals surface area contributed by atoms with Crippen molar-refractivity contribution in [2.24, 2.45) is 11.7 Å². The van der Waals surface area contributed by atoms with Gasteiger partial charge in [0.15, 0.2) is 0 Å². The highest BCUT2D eigenvalue weighted by molar-refractivity contribution is 5.37. The molecule has 29 heavy (non-hydrogen) atoms. The molecule has 2 aliphatic rings. The first-order chi connectivity index (χ1) is 13.9. The lowest BCUT2D eigenvalue weighted by molar-refractivity contribution is 0.198. The van der Waals surface area contributed by atoms with Crippen LogP contribution in [0.2, 0.25) is 0 Å². The Balaban J connectivity index is 1.41. The number of aliphatic hydroxyl groups is 1. The molecular weight excluding hydrogens is 358 g/mol. The summed E-state index contributed by atoms with van der Waals surface area (Å²) < 4.78 is 5.86. The first-order valence-corrected chi connectivity index (χ1v) is 11.2. The van der Waals surface area contributed by atoms with Crippen LogP contribution in [0.1, 0.15) is 67.7 Å². The van der Waals surface area contributed by atoms with Crippen molar-refractivity contribution in [2.45, 2.75) is 76.4 Å². The van der Waals surface area contributed by atoms with Gasteiger partial charge in [0.05, 0.1) is 12.7 Å². The van der Waals surface area contributed by atoms with Crippen LogP contribution in [0.3, 0.4) is 0 Å². The van der Waals surface area contributed by atoms with Gasteiger partial charge in [-0.1, -0.05) is 30.3 Å². The van der Waals surface area contributed by atoms with E-state index in [0.29, 0.717) is 11.8 Å². The highest BCUT2D eigenvalue weighted by atomic mass is 16.5. The predicted molar refractivity (Wildman–Crippen MR) is 118 cm³/mol. The summed E-state index contributed by atoms with van der Waals surface area (Å²) >= 11 is 0. The van der Waals surface area contributed by atoms with E-state index in [9.17, 15) is 5.11 Å². The second kappa shape index (κ2) is 8.49. The second-order valence-corrected chi connectivity index (χ2v) is 9.62. The van der Waals surface area contributed by atoms with Gasteiger partial charge in [0.25, 0.3) is 0 Å². The van der Waals surface area contributed by atoms with Crippen molar-refractivity contribution < 1.29 is 9.84 Å². The summed E-state index contributed by atoms with van der Waals surface area (Å²) in [6.07, 6.45) is 7.81. The zero-order valence-corrected chi connectivity index (χ0v) is 17.9. The lowest BCUT2D eigenvalue weighted by Crippen LogP contribution is -2.40. The normalized spacial score (nSPS) is 26.5. The van der Waals surface area contributed by atoms with Crippen LogP contribution in [0.15, 0.2) is 42.5 Å². The molecule has 0 unspecified atom stereocenters. The van der Waals surface area contributed by atoms with E-state index in [1.807, 2.05) is 0 Å². The Morgan fingerprint density at radius 3 is 2.76 bits per heavy atom. The van der Waals surface area contributed by atoms with Crippen LogP contribution >= 0.6 is 0 Å². The number of rotatable bonds is 6. The molecule has 0 aromatic heterocycles. The fraction of sp³-hybridized carbons (Fsp3) is 0.538. The molecule has 156 valence electrons. The highest BCUT2D eigenvalue weighted by Crippen LogP contribution is 2.40. The van der Waals surface area contributed by atoms with Crippen LogP contribution in [0, 0.1) is 5.92 Å². The molecule has 0 radical (unpaired) electrons. The topological polar surface area (TPSA) is 55.5 Å². The molecule has 4 rings (SSSR count). The minimum atomic E-state index is -0.376. The number of fused-ring (bicyclic) bond motifs is 1. The van der Waals surface area contributed by atoms with E-state index in [4.69, 9.17) is 10.5 Å². The van der Waals surface area contributed by atoms with Crippen molar-refractivity contribution >= 4 is 0 Å². The van der Waals surface area contributed by atoms with Crippen LogP contribution in [-0.4, -0.2) is 23.4 Å². The third kappa shape index (κ3) is 4.84. The number of aliphatic hydroxyl groups excluding tert-OH is 1. The Morgan fingerprint density at radius 2 is 2.00 bits per heavy atom. The molecule has 2 aliphatic carbocycles. The Bertz CT molecular complexity index is 846. The molecule has 2 aromatic carbocycles. The van der Waals surface area contributed by atoms with Crippen molar-refractivity contribution in [1.29, 1.82) is 0 Å². The van der Waals surface area contributed by atoms with Gasteiger partial charge in [-0.3, -0.25) is 0 Å². The molecule has 1 saturated carbocycles. The van der Waals surface area contributed by atoms with E-state index in [1.54, 1.807) is 0 Å². The zero-order valence-electron chi connectivity index (χ0n) is 17.9. The first-order valence-electron chi connectivity index (χ1n) is 11.2. The Morgan fingerprint density at radius 1 is 1.14 bits per heavy atom. The largest absolute Gasteiger partial charge is 0.491 e. The van der Waals surface area contributed by atoms with Crippen molar-refractivity contribution in [1.82, 2.24) is 0 Å². The maximum atomic E-state index is 9.56. The van der Waals surface area contributed by atoms with Crippen LogP contribution in [-0.2, 0) is 19.3 Å². The van der Waals surface area contributed by atoms with Gasteiger partial charge in [-0.05, 0) is 105 Å². The van der Waals surface area contributed by atoms with Gasteiger partial charge in [-0.25, -0.2) is 0 Å². The molecule has 3 atom stereocenters. The average molecular weight is 394 g/mol. The predicted octanol–water partition coefficient (Wildman–Crippen LogP) is 4.78. The molecule has 1 fully saturated rings. The molecule has 3 heteroatoms. The molecule has 0 spiro atoms. The summed E-state index contributed by atoms with van der Waals surface area (Å²) in [6, 6.07) is 15.7. The fourth-order valence-corrected chi connectivity index (χ4v) is 5.21. The first kappa shape index (κ1) is 20.4. The highest BCUT2D eigenvalue weighted by Gasteiger charge is 2.36. The number of benzene rings is 2. The van der Waals surface area contributed by atoms with Gasteiger partial charge in [-0.2, -0.15) is 0 Å². The van der Waals surface area contributed by atoms with Crippen LogP contribution in [0.25, 0.3) is 0 Å². The van der Waals surface area contributed by atoms with Gasteiger partial charge >= 0.3 is 0 Å². The molecule has 0 bridgehead atoms. The average Bonchev–Trinajstić information content (AvgIpc) is 3.10. The Hall–Kier alpha value is -1.84. The van der Waals surface area contributed by atoms with Crippen LogP contribution in [0.4, 0.5) is 0 Å². The van der Waals surface area contributed by atoms with Crippen molar-refractivity contribution in [3.63, 3.8) is 0 Å². The smallest absolute Gasteiger partial charge is 0.119 e. The van der Waals surface area contributed by atoms with Crippen molar-refractivity contribution in [2.75, 3.05) is 6.61 Å². The van der Waals surface area contributed by atoms with Gasteiger partial charge in [0.1, 0.15) is 5.75 Å². The van der Waals surface area contributed by atoms with E-state index in [0.717, 1.165) is 44.3 Å². The summed E-state index contributed by atoms with van der Waals surface area (Å²) in [7, 11) is 0. The summed E-state index contributed by atoms with van der Waals surface area (Å²) in [5.74, 6) is 2.17. The molecule has 3 N–H and O–H groups in total. The van der Waals surface area contributed by atoms with E-state index in [1.165, 1.54) is 28.7 Å². The van der Waals surface area contributed by atoms with Crippen molar-refractivity contribution in [3.05, 3.63) is 64.7 Å². The lowest BCUT2D eigenvalue weighted by atomic mass is 9.79. The number of hydrogen-bond acceptors (Lipinski definition) is 3. The summed E-state index contributed by atoms with van der Waals surface area (Å²) in [5, 5.41) is 9.56. The monoisotopic (exact) mass is 393 g/mol. The summed E-state index contributed by atoms with van der Waals surface area (Å²) in [5.41, 5.74) is 11.7. The Labute approximate surface area is 175 Å². The molecule has 3 nitrogen and oxygen atoms in total. The fourth-order valence-electron chi connectivity index (χ4n) is 5.21. The van der Waals surface area contributed by atoms with E-state index < -0.39 is 0 Å². The van der Waals surface area contributed by atoms with E-state index in [2.05, 4.69) is 56.3 Å². The minimum absolute atomic E-state index is 0.0968. The maximum Gasteiger partial charge on any atom is 0.119 e. The number of hydrogen-bond donors (Lipinski definition) is 2. The number of aryl methyl sites for hydroxylation is 1. The Kier molecular flexibility index (Phi) is 5.98. The van der Waals surface area contributed by atoms with Gasteiger partial charge in [0, 0.05) is 5.54 Å². The van der Waals surface area contributed by atoms with Gasteiger partial charge in [-0.15, -0.1) is 0 Å². The maximum absolute atomic E-state index is 9.56. The van der Waals surface area contributed by atoms with Crippen molar-refractivity contribution in [3.8, 4) is 5.75 Å². The van der Waals surface area contributed by atoms with Gasteiger partial charge in [0.2, 0.25) is 0 Å². The van der Waals surface area contributed by atoms with Crippen LogP contribution < -0.4 is 10.5 Å². The van der Waals surface area contributed by atoms with E-state index >= 15 is 0 Å². The number of nitrogens with two attached hydrogens (primary N) is 1. The van der Waals surface area contributed by atoms with E-state index in [-0.39, 0.29) is 18.2 Å². The second-order valence-electron chi connectivity index (χ2n) is 9.62. The van der Waals surface area contributed by atoms with Crippen LogP contribution in [0.5, 0.6) is 5.75 Å². The molecule has 2 aromatic rings. The summed E-state index contributed by atoms with van der Waals surface area (Å²) in [6.45, 7) is 4.24. The molecule has 0 saturated heterocycles. The zero-order chi connectivity index (χ0) is 20.4. The quantitative estimate of drug-likeness (QED) is 0.743. The third-order valence-corrected chi connectivity index (χ3v) is 6.79. The summed E-state index contributed by atoms with van der Waals surface area (Å²) in [4.78, 5) is 0. The minimum Gasteiger partial charge on any atom is -0.491 e. The number of ether oxygens (including phenoxy) is 1. The van der Waals surface area contributed by atoms with Gasteiger partial charge < -0.3 is 15.6 Å². The molecule has 0 amide bonds. The SMILES string of the molecule is CC(C)Oc1cccc(C[C@@H]2CCc3cc([C@H]4CC[C@](N)(CO)C4)ccc3C2)c1. The molecular formula is C26H35NO2. The lowest BCUT2D eigenvalue weighted by Gasteiger charge is -2.26. The third-order valence-electron chi connectivity index (χ3n) is 6.79.